The second-order valence-electron chi connectivity index (χ2n) is 17.8. The summed E-state index contributed by atoms with van der Waals surface area (Å²) in [6, 6.07) is 6.51. The largest absolute Gasteiger partial charge is 0.493 e. The van der Waals surface area contributed by atoms with E-state index in [1.54, 1.807) is 29.2 Å². The first-order valence-electron chi connectivity index (χ1n) is 23.5. The topological polar surface area (TPSA) is 238 Å². The van der Waals surface area contributed by atoms with Crippen molar-refractivity contribution in [3.05, 3.63) is 47.0 Å². The Labute approximate surface area is 397 Å². The van der Waals surface area contributed by atoms with E-state index in [0.29, 0.717) is 93.3 Å². The van der Waals surface area contributed by atoms with Gasteiger partial charge in [-0.3, -0.25) is 29.3 Å². The average Bonchev–Trinajstić information content (AvgIpc) is 3.28. The maximum absolute atomic E-state index is 13.0. The number of amides is 1. The summed E-state index contributed by atoms with van der Waals surface area (Å²) in [4.78, 5) is 48.8. The number of aliphatic hydroxyl groups is 4. The summed E-state index contributed by atoms with van der Waals surface area (Å²) < 4.78 is 44.1. The first-order chi connectivity index (χ1) is 32.0. The fraction of sp³-hybridized carbons (Fsp3) is 0.729. The Bertz CT molecular complexity index is 1620. The SMILES string of the molecule is CC(C)(C)OC(=O)CCCCCCOc1cc(CO)nc(CO)c1.CC(C)(C)OC(=O)CCCN(CCOc1cc(CO)nc(CO)c1)C(=O)CCOCCOCCOCCN1CCOCC1. The normalized spacial score (nSPS) is 13.1. The Kier molecular flexibility index (Phi) is 30.2. The van der Waals surface area contributed by atoms with Crippen molar-refractivity contribution in [3.8, 4) is 11.5 Å². The number of aromatic nitrogens is 2. The monoisotopic (exact) mass is 953 g/mol. The van der Waals surface area contributed by atoms with Gasteiger partial charge in [-0.05, 0) is 60.8 Å². The number of unbranched alkanes of at least 4 members (excludes halogenated alkanes) is 3. The number of esters is 2. The number of carbonyl (C=O) groups is 3. The minimum absolute atomic E-state index is 0.121. The molecule has 1 saturated heterocycles. The molecule has 382 valence electrons. The molecule has 67 heavy (non-hydrogen) atoms. The van der Waals surface area contributed by atoms with Crippen LogP contribution in [0.15, 0.2) is 24.3 Å². The molecular weight excluding hydrogens is 873 g/mol. The van der Waals surface area contributed by atoms with Gasteiger partial charge in [-0.15, -0.1) is 0 Å². The molecule has 19 nitrogen and oxygen atoms in total. The Morgan fingerprint density at radius 2 is 1.01 bits per heavy atom. The molecular formula is C48H80N4O15. The van der Waals surface area contributed by atoms with Gasteiger partial charge in [0.2, 0.25) is 5.91 Å². The van der Waals surface area contributed by atoms with Gasteiger partial charge in [0.05, 0.1) is 122 Å². The minimum atomic E-state index is -0.567. The standard InChI is InChI=1S/C30H51N3O10.C18H29NO5/c1-30(2,3)43-29(37)5-4-7-33(11-16-42-27-21-25(23-34)31-26(22-27)24-35)28(36)6-12-38-17-19-41-20-18-40-15-10-32-8-13-39-14-9-32;1-18(2,3)24-17(22)8-6-4-5-7-9-23-16-10-14(12-20)19-15(11-16)13-21/h21-22,34-35H,4-20,23-24H2,1-3H3;10-11,20-21H,4-9,12-13H2,1-3H3. The van der Waals surface area contributed by atoms with Gasteiger partial charge in [-0.25, -0.2) is 0 Å². The van der Waals surface area contributed by atoms with Crippen LogP contribution in [-0.2, 0) is 69.2 Å². The summed E-state index contributed by atoms with van der Waals surface area (Å²) in [5.41, 5.74) is 0.732. The Morgan fingerprint density at radius 1 is 0.567 bits per heavy atom. The van der Waals surface area contributed by atoms with Gasteiger partial charge < -0.3 is 63.2 Å². The van der Waals surface area contributed by atoms with Gasteiger partial charge in [-0.1, -0.05) is 12.8 Å². The molecule has 1 amide bonds. The van der Waals surface area contributed by atoms with E-state index in [0.717, 1.165) is 58.5 Å². The summed E-state index contributed by atoms with van der Waals surface area (Å²) in [5, 5.41) is 37.0. The van der Waals surface area contributed by atoms with Crippen LogP contribution < -0.4 is 9.47 Å². The molecule has 2 aromatic heterocycles. The maximum Gasteiger partial charge on any atom is 0.306 e. The van der Waals surface area contributed by atoms with E-state index in [9.17, 15) is 24.6 Å². The van der Waals surface area contributed by atoms with Crippen molar-refractivity contribution < 1.29 is 72.7 Å². The van der Waals surface area contributed by atoms with Crippen molar-refractivity contribution in [1.82, 2.24) is 19.8 Å². The zero-order valence-corrected chi connectivity index (χ0v) is 41.0. The van der Waals surface area contributed by atoms with Crippen molar-refractivity contribution in [2.45, 2.75) is 131 Å². The van der Waals surface area contributed by atoms with Crippen molar-refractivity contribution in [1.29, 1.82) is 0 Å². The molecule has 1 aliphatic rings. The Balaban J connectivity index is 0.000000542. The van der Waals surface area contributed by atoms with Crippen LogP contribution in [0.4, 0.5) is 0 Å². The lowest BCUT2D eigenvalue weighted by Gasteiger charge is -2.26. The number of morpholine rings is 1. The van der Waals surface area contributed by atoms with E-state index in [2.05, 4.69) is 14.9 Å². The molecule has 2 aromatic rings. The van der Waals surface area contributed by atoms with Crippen molar-refractivity contribution >= 4 is 17.8 Å². The fourth-order valence-corrected chi connectivity index (χ4v) is 6.36. The molecule has 19 heteroatoms. The fourth-order valence-electron chi connectivity index (χ4n) is 6.36. The Hall–Kier alpha value is -4.05. The molecule has 0 aliphatic carbocycles. The van der Waals surface area contributed by atoms with E-state index in [-0.39, 0.29) is 76.9 Å². The van der Waals surface area contributed by atoms with Gasteiger partial charge in [0.15, 0.2) is 0 Å². The molecule has 4 N–H and O–H groups in total. The zero-order valence-electron chi connectivity index (χ0n) is 41.0. The van der Waals surface area contributed by atoms with E-state index in [1.165, 1.54) is 0 Å². The van der Waals surface area contributed by atoms with E-state index >= 15 is 0 Å². The quantitative estimate of drug-likeness (QED) is 0.0601. The number of rotatable bonds is 32. The summed E-state index contributed by atoms with van der Waals surface area (Å²) in [6.45, 7) is 18.5. The van der Waals surface area contributed by atoms with Crippen LogP contribution in [0.5, 0.6) is 11.5 Å². The number of carbonyl (C=O) groups excluding carboxylic acids is 3. The van der Waals surface area contributed by atoms with E-state index < -0.39 is 11.2 Å². The number of ether oxygens (including phenoxy) is 8. The number of hydrogen-bond donors (Lipinski definition) is 4. The summed E-state index contributed by atoms with van der Waals surface area (Å²) in [5.74, 6) is 0.460. The molecule has 0 bridgehead atoms. The third-order valence-corrected chi connectivity index (χ3v) is 9.49. The predicted octanol–water partition coefficient (Wildman–Crippen LogP) is 3.90. The predicted molar refractivity (Wildman–Crippen MR) is 248 cm³/mol. The van der Waals surface area contributed by atoms with Crippen LogP contribution in [0, 0.1) is 0 Å². The summed E-state index contributed by atoms with van der Waals surface area (Å²) in [7, 11) is 0. The molecule has 3 heterocycles. The molecule has 1 aliphatic heterocycles. The second kappa shape index (κ2) is 34.3. The second-order valence-corrected chi connectivity index (χ2v) is 17.8. The first kappa shape index (κ1) is 59.1. The number of aliphatic hydroxyl groups excluding tert-OH is 4. The number of pyridine rings is 2. The average molecular weight is 953 g/mol. The molecule has 0 saturated carbocycles. The van der Waals surface area contributed by atoms with E-state index in [1.807, 2.05) is 41.5 Å². The highest BCUT2D eigenvalue weighted by atomic mass is 16.6. The number of nitrogens with zero attached hydrogens (tertiary/aromatic N) is 4. The van der Waals surface area contributed by atoms with Crippen LogP contribution in [0.1, 0.15) is 116 Å². The summed E-state index contributed by atoms with van der Waals surface area (Å²) in [6.07, 6.45) is 4.86. The highest BCUT2D eigenvalue weighted by molar-refractivity contribution is 5.76. The molecule has 3 rings (SSSR count). The lowest BCUT2D eigenvalue weighted by molar-refractivity contribution is -0.156. The third-order valence-electron chi connectivity index (χ3n) is 9.49. The van der Waals surface area contributed by atoms with Gasteiger partial charge in [0.25, 0.3) is 0 Å². The highest BCUT2D eigenvalue weighted by Crippen LogP contribution is 2.18. The lowest BCUT2D eigenvalue weighted by Crippen LogP contribution is -2.38. The summed E-state index contributed by atoms with van der Waals surface area (Å²) >= 11 is 0. The van der Waals surface area contributed by atoms with Crippen LogP contribution >= 0.6 is 0 Å². The van der Waals surface area contributed by atoms with Crippen molar-refractivity contribution in [2.75, 3.05) is 98.8 Å². The molecule has 0 spiro atoms. The molecule has 0 radical (unpaired) electrons. The highest BCUT2D eigenvalue weighted by Gasteiger charge is 2.19. The zero-order chi connectivity index (χ0) is 49.3. The van der Waals surface area contributed by atoms with E-state index in [4.69, 9.17) is 48.1 Å². The smallest absolute Gasteiger partial charge is 0.306 e. The third kappa shape index (κ3) is 30.1. The molecule has 0 aromatic carbocycles. The van der Waals surface area contributed by atoms with Gasteiger partial charge in [-0.2, -0.15) is 0 Å². The van der Waals surface area contributed by atoms with Gasteiger partial charge in [0, 0.05) is 63.3 Å². The minimum Gasteiger partial charge on any atom is -0.493 e. The van der Waals surface area contributed by atoms with Gasteiger partial charge >= 0.3 is 11.9 Å². The van der Waals surface area contributed by atoms with Crippen molar-refractivity contribution in [3.63, 3.8) is 0 Å². The van der Waals surface area contributed by atoms with Crippen LogP contribution in [0.2, 0.25) is 0 Å². The van der Waals surface area contributed by atoms with Crippen LogP contribution in [0.3, 0.4) is 0 Å². The Morgan fingerprint density at radius 3 is 1.51 bits per heavy atom. The maximum atomic E-state index is 13.0. The lowest BCUT2D eigenvalue weighted by atomic mass is 10.1. The first-order valence-corrected chi connectivity index (χ1v) is 23.5. The van der Waals surface area contributed by atoms with Crippen LogP contribution in [-0.4, -0.2) is 168 Å². The van der Waals surface area contributed by atoms with Crippen molar-refractivity contribution in [2.24, 2.45) is 0 Å². The van der Waals surface area contributed by atoms with Gasteiger partial charge in [0.1, 0.15) is 29.3 Å². The molecule has 0 unspecified atom stereocenters. The molecule has 0 atom stereocenters. The van der Waals surface area contributed by atoms with Crippen LogP contribution in [0.25, 0.3) is 0 Å². The molecule has 1 fully saturated rings. The number of hydrogen-bond acceptors (Lipinski definition) is 18.